The fourth-order valence-corrected chi connectivity index (χ4v) is 3.16. The molecule has 2 fully saturated rings. The van der Waals surface area contributed by atoms with Crippen LogP contribution in [0, 0.1) is 5.92 Å². The number of hydrogen-bond donors (Lipinski definition) is 1. The van der Waals surface area contributed by atoms with E-state index in [0.717, 1.165) is 38.9 Å². The Hall–Kier alpha value is -0.610. The van der Waals surface area contributed by atoms with Gasteiger partial charge in [-0.1, -0.05) is 0 Å². The van der Waals surface area contributed by atoms with Crippen molar-refractivity contribution in [3.63, 3.8) is 0 Å². The summed E-state index contributed by atoms with van der Waals surface area (Å²) in [5, 5.41) is 3.22. The van der Waals surface area contributed by atoms with Crippen molar-refractivity contribution in [2.75, 3.05) is 33.8 Å². The van der Waals surface area contributed by atoms with E-state index in [-0.39, 0.29) is 11.5 Å². The Morgan fingerprint density at radius 1 is 1.44 bits per heavy atom. The van der Waals surface area contributed by atoms with Crippen LogP contribution in [0.25, 0.3) is 0 Å². The number of amides is 1. The van der Waals surface area contributed by atoms with Gasteiger partial charge in [0.25, 0.3) is 0 Å². The van der Waals surface area contributed by atoms with Gasteiger partial charge in [-0.05, 0) is 51.6 Å². The van der Waals surface area contributed by atoms with Gasteiger partial charge >= 0.3 is 0 Å². The van der Waals surface area contributed by atoms with E-state index in [1.54, 1.807) is 7.11 Å². The fraction of sp³-hybridized carbons (Fsp3) is 0.929. The summed E-state index contributed by atoms with van der Waals surface area (Å²) in [5.41, 5.74) is -0.132. The Labute approximate surface area is 110 Å². The normalized spacial score (nSPS) is 26.8. The number of rotatable bonds is 5. The van der Waals surface area contributed by atoms with Gasteiger partial charge in [0, 0.05) is 20.2 Å². The third kappa shape index (κ3) is 3.04. The van der Waals surface area contributed by atoms with Crippen molar-refractivity contribution in [2.45, 2.75) is 44.1 Å². The summed E-state index contributed by atoms with van der Waals surface area (Å²) < 4.78 is 5.55. The van der Waals surface area contributed by atoms with Crippen molar-refractivity contribution in [2.24, 2.45) is 5.92 Å². The molecule has 0 bridgehead atoms. The molecule has 1 atom stereocenters. The Morgan fingerprint density at radius 2 is 2.22 bits per heavy atom. The van der Waals surface area contributed by atoms with Crippen LogP contribution in [0.15, 0.2) is 0 Å². The molecule has 1 amide bonds. The maximum Gasteiger partial charge on any atom is 0.225 e. The van der Waals surface area contributed by atoms with Gasteiger partial charge in [-0.25, -0.2) is 0 Å². The average Bonchev–Trinajstić information content (AvgIpc) is 2.34. The zero-order valence-electron chi connectivity index (χ0n) is 11.7. The predicted molar refractivity (Wildman–Crippen MR) is 71.4 cm³/mol. The van der Waals surface area contributed by atoms with E-state index in [0.29, 0.717) is 12.3 Å². The van der Waals surface area contributed by atoms with E-state index in [9.17, 15) is 4.79 Å². The number of ether oxygens (including phenoxy) is 1. The summed E-state index contributed by atoms with van der Waals surface area (Å²) in [5.74, 6) is 0.907. The van der Waals surface area contributed by atoms with E-state index in [1.165, 1.54) is 12.8 Å². The SMILES string of the molecule is CNCC1CCCN(C(=O)CC2(OC)CCC2)C1. The third-order valence-corrected chi connectivity index (χ3v) is 4.54. The minimum absolute atomic E-state index is 0.132. The number of carbonyl (C=O) groups excluding carboxylic acids is 1. The topological polar surface area (TPSA) is 41.6 Å². The Bertz CT molecular complexity index is 282. The van der Waals surface area contributed by atoms with Gasteiger partial charge in [-0.15, -0.1) is 0 Å². The van der Waals surface area contributed by atoms with Crippen molar-refractivity contribution in [1.29, 1.82) is 0 Å². The number of nitrogens with zero attached hydrogens (tertiary/aromatic N) is 1. The van der Waals surface area contributed by atoms with Gasteiger partial charge in [-0.3, -0.25) is 4.79 Å². The van der Waals surface area contributed by atoms with Crippen molar-refractivity contribution in [3.05, 3.63) is 0 Å². The number of carbonyl (C=O) groups is 1. The first-order valence-corrected chi connectivity index (χ1v) is 7.17. The highest BCUT2D eigenvalue weighted by atomic mass is 16.5. The third-order valence-electron chi connectivity index (χ3n) is 4.54. The molecule has 0 aromatic rings. The molecule has 0 aromatic heterocycles. The number of piperidine rings is 1. The number of methoxy groups -OCH3 is 1. The average molecular weight is 254 g/mol. The molecule has 1 saturated carbocycles. The van der Waals surface area contributed by atoms with E-state index >= 15 is 0 Å². The Balaban J connectivity index is 1.84. The molecule has 0 spiro atoms. The second kappa shape index (κ2) is 6.02. The predicted octanol–water partition coefficient (Wildman–Crippen LogP) is 1.40. The quantitative estimate of drug-likeness (QED) is 0.806. The minimum Gasteiger partial charge on any atom is -0.378 e. The van der Waals surface area contributed by atoms with Crippen LogP contribution in [0.5, 0.6) is 0 Å². The molecule has 1 aliphatic carbocycles. The van der Waals surface area contributed by atoms with E-state index in [1.807, 2.05) is 11.9 Å². The van der Waals surface area contributed by atoms with Crippen LogP contribution in [0.1, 0.15) is 38.5 Å². The first kappa shape index (κ1) is 13.8. The molecule has 104 valence electrons. The first-order chi connectivity index (χ1) is 8.69. The Kier molecular flexibility index (Phi) is 4.62. The summed E-state index contributed by atoms with van der Waals surface area (Å²) in [4.78, 5) is 14.4. The molecule has 1 aliphatic heterocycles. The molecule has 4 nitrogen and oxygen atoms in total. The summed E-state index contributed by atoms with van der Waals surface area (Å²) in [7, 11) is 3.72. The molecule has 2 aliphatic rings. The first-order valence-electron chi connectivity index (χ1n) is 7.17. The van der Waals surface area contributed by atoms with Gasteiger partial charge in [-0.2, -0.15) is 0 Å². The summed E-state index contributed by atoms with van der Waals surface area (Å²) in [6, 6.07) is 0. The number of hydrogen-bond acceptors (Lipinski definition) is 3. The maximum absolute atomic E-state index is 12.3. The standard InChI is InChI=1S/C14H26N2O2/c1-15-10-12-5-3-8-16(11-12)13(17)9-14(18-2)6-4-7-14/h12,15H,3-11H2,1-2H3. The van der Waals surface area contributed by atoms with Gasteiger partial charge in [0.2, 0.25) is 5.91 Å². The zero-order valence-corrected chi connectivity index (χ0v) is 11.7. The molecule has 1 N–H and O–H groups in total. The maximum atomic E-state index is 12.3. The highest BCUT2D eigenvalue weighted by molar-refractivity contribution is 5.77. The summed E-state index contributed by atoms with van der Waals surface area (Å²) >= 11 is 0. The minimum atomic E-state index is -0.132. The highest BCUT2D eigenvalue weighted by Gasteiger charge is 2.40. The molecule has 1 heterocycles. The molecule has 1 unspecified atom stereocenters. The molecule has 0 radical (unpaired) electrons. The van der Waals surface area contributed by atoms with Crippen molar-refractivity contribution in [1.82, 2.24) is 10.2 Å². The molecule has 18 heavy (non-hydrogen) atoms. The van der Waals surface area contributed by atoms with Gasteiger partial charge < -0.3 is 15.0 Å². The summed E-state index contributed by atoms with van der Waals surface area (Å²) in [6.45, 7) is 2.86. The molecule has 0 aromatic carbocycles. The monoisotopic (exact) mass is 254 g/mol. The van der Waals surface area contributed by atoms with Crippen LogP contribution < -0.4 is 5.32 Å². The van der Waals surface area contributed by atoms with Crippen molar-refractivity contribution >= 4 is 5.91 Å². The number of likely N-dealkylation sites (tertiary alicyclic amines) is 1. The van der Waals surface area contributed by atoms with Crippen LogP contribution in [0.3, 0.4) is 0 Å². The lowest BCUT2D eigenvalue weighted by atomic mass is 9.77. The van der Waals surface area contributed by atoms with E-state index in [4.69, 9.17) is 4.74 Å². The largest absolute Gasteiger partial charge is 0.378 e. The fourth-order valence-electron chi connectivity index (χ4n) is 3.16. The molecule has 4 heteroatoms. The van der Waals surface area contributed by atoms with Crippen LogP contribution in [-0.4, -0.2) is 50.2 Å². The van der Waals surface area contributed by atoms with Crippen LogP contribution in [-0.2, 0) is 9.53 Å². The highest BCUT2D eigenvalue weighted by Crippen LogP contribution is 2.38. The van der Waals surface area contributed by atoms with E-state index in [2.05, 4.69) is 5.32 Å². The number of nitrogens with one attached hydrogen (secondary N) is 1. The van der Waals surface area contributed by atoms with Crippen molar-refractivity contribution in [3.8, 4) is 0 Å². The molecular weight excluding hydrogens is 228 g/mol. The lowest BCUT2D eigenvalue weighted by Gasteiger charge is -2.42. The second-order valence-corrected chi connectivity index (χ2v) is 5.82. The molecule has 1 saturated heterocycles. The van der Waals surface area contributed by atoms with Gasteiger partial charge in [0.15, 0.2) is 0 Å². The van der Waals surface area contributed by atoms with Crippen LogP contribution in [0.4, 0.5) is 0 Å². The lowest BCUT2D eigenvalue weighted by molar-refractivity contribution is -0.145. The molecule has 2 rings (SSSR count). The van der Waals surface area contributed by atoms with Crippen molar-refractivity contribution < 1.29 is 9.53 Å². The molecular formula is C14H26N2O2. The Morgan fingerprint density at radius 3 is 2.78 bits per heavy atom. The van der Waals surface area contributed by atoms with Gasteiger partial charge in [0.1, 0.15) is 0 Å². The van der Waals surface area contributed by atoms with Gasteiger partial charge in [0.05, 0.1) is 12.0 Å². The van der Waals surface area contributed by atoms with Crippen LogP contribution in [0.2, 0.25) is 0 Å². The second-order valence-electron chi connectivity index (χ2n) is 5.82. The van der Waals surface area contributed by atoms with Crippen LogP contribution >= 0.6 is 0 Å². The van der Waals surface area contributed by atoms with E-state index < -0.39 is 0 Å². The summed E-state index contributed by atoms with van der Waals surface area (Å²) in [6.07, 6.45) is 6.24. The zero-order chi connectivity index (χ0) is 13.0. The lowest BCUT2D eigenvalue weighted by Crippen LogP contribution is -2.48. The smallest absolute Gasteiger partial charge is 0.225 e.